The summed E-state index contributed by atoms with van der Waals surface area (Å²) in [5.41, 5.74) is 1.29. The molecule has 0 aliphatic rings. The Hall–Kier alpha value is -3.14. The van der Waals surface area contributed by atoms with Crippen LogP contribution in [0.5, 0.6) is 11.5 Å². The molecule has 2 N–H and O–H groups in total. The van der Waals surface area contributed by atoms with Gasteiger partial charge in [0.2, 0.25) is 0 Å². The molecule has 2 amide bonds. The molecule has 0 radical (unpaired) electrons. The van der Waals surface area contributed by atoms with Crippen molar-refractivity contribution in [3.63, 3.8) is 0 Å². The van der Waals surface area contributed by atoms with Crippen molar-refractivity contribution in [2.75, 3.05) is 24.9 Å². The highest BCUT2D eigenvalue weighted by atomic mass is 32.1. The van der Waals surface area contributed by atoms with E-state index in [9.17, 15) is 4.79 Å². The molecule has 0 saturated heterocycles. The molecule has 2 aromatic heterocycles. The van der Waals surface area contributed by atoms with Crippen molar-refractivity contribution in [3.8, 4) is 22.3 Å². The Kier molecular flexibility index (Phi) is 5.03. The van der Waals surface area contributed by atoms with Crippen LogP contribution in [-0.4, -0.2) is 35.4 Å². The van der Waals surface area contributed by atoms with Crippen molar-refractivity contribution in [1.82, 2.24) is 15.2 Å². The molecule has 0 unspecified atom stereocenters. The third-order valence-electron chi connectivity index (χ3n) is 3.35. The fourth-order valence-electron chi connectivity index (χ4n) is 2.23. The van der Waals surface area contributed by atoms with E-state index in [1.54, 1.807) is 18.2 Å². The summed E-state index contributed by atoms with van der Waals surface area (Å²) >= 11 is 1.45. The van der Waals surface area contributed by atoms with Gasteiger partial charge in [-0.25, -0.2) is 9.78 Å². The second kappa shape index (κ2) is 7.40. The summed E-state index contributed by atoms with van der Waals surface area (Å²) < 4.78 is 15.8. The van der Waals surface area contributed by atoms with E-state index in [0.717, 1.165) is 15.6 Å². The van der Waals surface area contributed by atoms with Crippen LogP contribution in [0.2, 0.25) is 0 Å². The van der Waals surface area contributed by atoms with Crippen LogP contribution < -0.4 is 20.1 Å². The van der Waals surface area contributed by atoms with Gasteiger partial charge in [-0.05, 0) is 13.8 Å². The summed E-state index contributed by atoms with van der Waals surface area (Å²) in [6, 6.07) is 4.47. The number of benzene rings is 1. The zero-order valence-corrected chi connectivity index (χ0v) is 15.4. The van der Waals surface area contributed by atoms with Crippen LogP contribution in [0.25, 0.3) is 10.8 Å². The maximum atomic E-state index is 12.2. The predicted octanol–water partition coefficient (Wildman–Crippen LogP) is 3.47. The van der Waals surface area contributed by atoms with E-state index in [-0.39, 0.29) is 6.01 Å². The molecule has 0 bridgehead atoms. The number of carbonyl (C=O) groups is 1. The minimum Gasteiger partial charge on any atom is -0.497 e. The predicted molar refractivity (Wildman–Crippen MR) is 97.1 cm³/mol. The first-order chi connectivity index (χ1) is 12.5. The molecule has 2 heterocycles. The summed E-state index contributed by atoms with van der Waals surface area (Å²) in [6.07, 6.45) is 0. The van der Waals surface area contributed by atoms with Crippen LogP contribution in [0.3, 0.4) is 0 Å². The van der Waals surface area contributed by atoms with E-state index < -0.39 is 6.03 Å². The number of methoxy groups -OCH3 is 2. The Bertz CT molecular complexity index is 914. The second-order valence-electron chi connectivity index (χ2n) is 5.24. The number of amides is 2. The minimum absolute atomic E-state index is 0.0159. The Morgan fingerprint density at radius 3 is 2.35 bits per heavy atom. The van der Waals surface area contributed by atoms with Crippen molar-refractivity contribution < 1.29 is 18.7 Å². The topological polar surface area (TPSA) is 111 Å². The van der Waals surface area contributed by atoms with Gasteiger partial charge in [0.05, 0.1) is 24.9 Å². The second-order valence-corrected chi connectivity index (χ2v) is 6.44. The molecular weight excluding hydrogens is 358 g/mol. The quantitative estimate of drug-likeness (QED) is 0.702. The van der Waals surface area contributed by atoms with E-state index in [4.69, 9.17) is 13.9 Å². The van der Waals surface area contributed by atoms with Crippen LogP contribution >= 0.6 is 11.3 Å². The van der Waals surface area contributed by atoms with Crippen LogP contribution in [-0.2, 0) is 0 Å². The lowest BCUT2D eigenvalue weighted by molar-refractivity contribution is 0.261. The van der Waals surface area contributed by atoms with Crippen molar-refractivity contribution in [1.29, 1.82) is 0 Å². The molecule has 0 atom stereocenters. The van der Waals surface area contributed by atoms with Crippen LogP contribution in [0, 0.1) is 13.8 Å². The van der Waals surface area contributed by atoms with Crippen LogP contribution in [0.15, 0.2) is 22.6 Å². The number of hydrogen-bond acceptors (Lipinski definition) is 8. The highest BCUT2D eigenvalue weighted by molar-refractivity contribution is 7.15. The zero-order chi connectivity index (χ0) is 18.7. The van der Waals surface area contributed by atoms with Gasteiger partial charge >= 0.3 is 12.0 Å². The van der Waals surface area contributed by atoms with Gasteiger partial charge in [0.25, 0.3) is 5.89 Å². The van der Waals surface area contributed by atoms with Gasteiger partial charge in [0, 0.05) is 23.9 Å². The average molecular weight is 375 g/mol. The third kappa shape index (κ3) is 3.91. The largest absolute Gasteiger partial charge is 0.497 e. The smallest absolute Gasteiger partial charge is 0.327 e. The molecule has 0 aliphatic carbocycles. The number of carbonyl (C=O) groups excluding carboxylic acids is 1. The van der Waals surface area contributed by atoms with Crippen LogP contribution in [0.4, 0.5) is 16.5 Å². The normalized spacial score (nSPS) is 10.5. The molecule has 3 aromatic rings. The molecule has 0 aliphatic heterocycles. The number of nitrogens with zero attached hydrogens (tertiary/aromatic N) is 3. The number of thiazole rings is 1. The number of aromatic nitrogens is 3. The van der Waals surface area contributed by atoms with Gasteiger partial charge in [-0.15, -0.1) is 16.4 Å². The summed E-state index contributed by atoms with van der Waals surface area (Å²) in [5.74, 6) is 1.41. The summed E-state index contributed by atoms with van der Waals surface area (Å²) in [4.78, 5) is 17.2. The number of urea groups is 1. The Balaban J connectivity index is 1.70. The number of ether oxygens (including phenoxy) is 2. The van der Waals surface area contributed by atoms with Crippen molar-refractivity contribution in [2.24, 2.45) is 0 Å². The maximum Gasteiger partial charge on any atom is 0.327 e. The number of aryl methyl sites for hydroxylation is 2. The zero-order valence-electron chi connectivity index (χ0n) is 14.6. The van der Waals surface area contributed by atoms with Crippen molar-refractivity contribution in [2.45, 2.75) is 13.8 Å². The molecule has 0 saturated carbocycles. The highest BCUT2D eigenvalue weighted by Gasteiger charge is 2.16. The van der Waals surface area contributed by atoms with Gasteiger partial charge in [-0.2, -0.15) is 0 Å². The Morgan fingerprint density at radius 2 is 1.77 bits per heavy atom. The van der Waals surface area contributed by atoms with Gasteiger partial charge in [0.15, 0.2) is 0 Å². The van der Waals surface area contributed by atoms with E-state index in [1.807, 2.05) is 13.8 Å². The fraction of sp³-hybridized carbons (Fsp3) is 0.250. The first-order valence-corrected chi connectivity index (χ1v) is 8.39. The molecule has 136 valence electrons. The third-order valence-corrected chi connectivity index (χ3v) is 4.41. The van der Waals surface area contributed by atoms with Crippen molar-refractivity contribution in [3.05, 3.63) is 28.9 Å². The minimum atomic E-state index is -0.535. The molecule has 10 heteroatoms. The van der Waals surface area contributed by atoms with Gasteiger partial charge < -0.3 is 19.2 Å². The number of hydrogen-bond donors (Lipinski definition) is 2. The summed E-state index contributed by atoms with van der Waals surface area (Å²) in [7, 11) is 3.06. The standard InChI is InChI=1S/C16H17N5O4S/c1-8-13(26-9(2)17-8)14-20-21-16(25-14)19-15(22)18-10-5-11(23-3)7-12(6-10)24-4/h5-7H,1-4H3,(H2,18,19,21,22). The monoisotopic (exact) mass is 375 g/mol. The maximum absolute atomic E-state index is 12.2. The molecule has 0 fully saturated rings. The fourth-order valence-corrected chi connectivity index (χ4v) is 3.08. The van der Waals surface area contributed by atoms with Crippen molar-refractivity contribution >= 4 is 29.1 Å². The Morgan fingerprint density at radius 1 is 1.08 bits per heavy atom. The lowest BCUT2D eigenvalue weighted by atomic mass is 10.3. The number of anilines is 2. The molecule has 9 nitrogen and oxygen atoms in total. The van der Waals surface area contributed by atoms with Gasteiger partial charge in [-0.1, -0.05) is 5.10 Å². The van der Waals surface area contributed by atoms with Crippen LogP contribution in [0.1, 0.15) is 10.7 Å². The molecule has 26 heavy (non-hydrogen) atoms. The Labute approximate surface area is 153 Å². The SMILES string of the molecule is COc1cc(NC(=O)Nc2nnc(-c3sc(C)nc3C)o2)cc(OC)c1. The highest BCUT2D eigenvalue weighted by Crippen LogP contribution is 2.29. The van der Waals surface area contributed by atoms with E-state index in [1.165, 1.54) is 25.6 Å². The molecule has 1 aromatic carbocycles. The van der Waals surface area contributed by atoms with Gasteiger partial charge in [0.1, 0.15) is 16.4 Å². The van der Waals surface area contributed by atoms with E-state index >= 15 is 0 Å². The van der Waals surface area contributed by atoms with E-state index in [0.29, 0.717) is 23.1 Å². The summed E-state index contributed by atoms with van der Waals surface area (Å²) in [5, 5.41) is 13.8. The average Bonchev–Trinajstić information content (AvgIpc) is 3.19. The lowest BCUT2D eigenvalue weighted by Gasteiger charge is -2.09. The molecular formula is C16H17N5O4S. The lowest BCUT2D eigenvalue weighted by Crippen LogP contribution is -2.19. The summed E-state index contributed by atoms with van der Waals surface area (Å²) in [6.45, 7) is 3.76. The molecule has 0 spiro atoms. The molecule has 3 rings (SSSR count). The first-order valence-electron chi connectivity index (χ1n) is 7.57. The van der Waals surface area contributed by atoms with Gasteiger partial charge in [-0.3, -0.25) is 5.32 Å². The first kappa shape index (κ1) is 17.7. The van der Waals surface area contributed by atoms with E-state index in [2.05, 4.69) is 25.8 Å². The number of nitrogens with one attached hydrogen (secondary N) is 2. The number of rotatable bonds is 5.